The zero-order valence-corrected chi connectivity index (χ0v) is 19.2. The maximum absolute atomic E-state index is 12.6. The number of thiocarbonyl (C=S) groups is 1. The molecule has 0 fully saturated rings. The maximum Gasteiger partial charge on any atom is 0.338 e. The Morgan fingerprint density at radius 2 is 1.67 bits per heavy atom. The monoisotopic (exact) mass is 462 g/mol. The molecule has 0 radical (unpaired) electrons. The lowest BCUT2D eigenvalue weighted by atomic mass is 10.2. The molecule has 0 unspecified atom stereocenters. The molecule has 3 aromatic carbocycles. The van der Waals surface area contributed by atoms with Crippen LogP contribution < -0.4 is 15.4 Å². The minimum absolute atomic E-state index is 0.147. The standard InChI is InChI=1S/C26H26N2O4S/c1-2-3-16-31-25(30)20-12-14-22(15-13-20)27-26(33)28-24(29)21-10-7-11-23(17-21)32-18-19-8-5-4-6-9-19/h4-15,17H,2-3,16,18H2,1H3,(H2,27,28,29,33). The molecule has 0 bridgehead atoms. The fourth-order valence-corrected chi connectivity index (χ4v) is 3.10. The van der Waals surface area contributed by atoms with Crippen molar-refractivity contribution in [2.45, 2.75) is 26.4 Å². The number of nitrogens with one attached hydrogen (secondary N) is 2. The van der Waals surface area contributed by atoms with Crippen molar-refractivity contribution in [2.75, 3.05) is 11.9 Å². The van der Waals surface area contributed by atoms with E-state index in [1.54, 1.807) is 48.5 Å². The van der Waals surface area contributed by atoms with E-state index in [9.17, 15) is 9.59 Å². The van der Waals surface area contributed by atoms with Crippen LogP contribution in [0.25, 0.3) is 0 Å². The van der Waals surface area contributed by atoms with Crippen LogP contribution in [0.2, 0.25) is 0 Å². The lowest BCUT2D eigenvalue weighted by Gasteiger charge is -2.11. The minimum atomic E-state index is -0.361. The van der Waals surface area contributed by atoms with E-state index in [2.05, 4.69) is 10.6 Å². The molecule has 0 aliphatic carbocycles. The summed E-state index contributed by atoms with van der Waals surface area (Å²) in [6, 6.07) is 23.4. The van der Waals surface area contributed by atoms with Crippen molar-refractivity contribution < 1.29 is 19.1 Å². The van der Waals surface area contributed by atoms with Gasteiger partial charge >= 0.3 is 5.97 Å². The zero-order chi connectivity index (χ0) is 23.5. The van der Waals surface area contributed by atoms with E-state index in [1.165, 1.54) is 0 Å². The summed E-state index contributed by atoms with van der Waals surface area (Å²) >= 11 is 5.25. The molecule has 0 heterocycles. The quantitative estimate of drug-likeness (QED) is 0.254. The highest BCUT2D eigenvalue weighted by Gasteiger charge is 2.11. The molecule has 0 aromatic heterocycles. The van der Waals surface area contributed by atoms with Crippen molar-refractivity contribution >= 4 is 34.9 Å². The number of carbonyl (C=O) groups is 2. The van der Waals surface area contributed by atoms with Gasteiger partial charge in [0.25, 0.3) is 5.91 Å². The summed E-state index contributed by atoms with van der Waals surface area (Å²) in [6.07, 6.45) is 1.80. The number of anilines is 1. The number of amides is 1. The molecular formula is C26H26N2O4S. The van der Waals surface area contributed by atoms with Gasteiger partial charge in [0.2, 0.25) is 0 Å². The first-order valence-corrected chi connectivity index (χ1v) is 11.1. The Hall–Kier alpha value is -3.71. The maximum atomic E-state index is 12.6. The third kappa shape index (κ3) is 7.73. The number of esters is 1. The summed E-state index contributed by atoms with van der Waals surface area (Å²) in [7, 11) is 0. The molecule has 0 saturated carbocycles. The van der Waals surface area contributed by atoms with Gasteiger partial charge in [-0.3, -0.25) is 10.1 Å². The first-order valence-electron chi connectivity index (χ1n) is 10.7. The molecule has 33 heavy (non-hydrogen) atoms. The summed E-state index contributed by atoms with van der Waals surface area (Å²) in [4.78, 5) is 24.6. The van der Waals surface area contributed by atoms with Crippen molar-refractivity contribution in [1.29, 1.82) is 0 Å². The van der Waals surface area contributed by atoms with E-state index < -0.39 is 0 Å². The topological polar surface area (TPSA) is 76.7 Å². The molecule has 2 N–H and O–H groups in total. The van der Waals surface area contributed by atoms with Crippen LogP contribution in [-0.2, 0) is 11.3 Å². The molecule has 6 nitrogen and oxygen atoms in total. The normalized spacial score (nSPS) is 10.2. The molecular weight excluding hydrogens is 436 g/mol. The second kappa shape index (κ2) is 12.4. The van der Waals surface area contributed by atoms with E-state index >= 15 is 0 Å². The average Bonchev–Trinajstić information content (AvgIpc) is 2.84. The molecule has 0 atom stereocenters. The van der Waals surface area contributed by atoms with E-state index in [-0.39, 0.29) is 17.0 Å². The van der Waals surface area contributed by atoms with Crippen LogP contribution in [0.15, 0.2) is 78.9 Å². The predicted octanol–water partition coefficient (Wildman–Crippen LogP) is 5.35. The Bertz CT molecular complexity index is 1080. The molecule has 1 amide bonds. The third-order valence-corrected chi connectivity index (χ3v) is 4.89. The lowest BCUT2D eigenvalue weighted by molar-refractivity contribution is 0.0499. The van der Waals surface area contributed by atoms with Crippen molar-refractivity contribution in [3.8, 4) is 5.75 Å². The average molecular weight is 463 g/mol. The van der Waals surface area contributed by atoms with Gasteiger partial charge in [-0.25, -0.2) is 4.79 Å². The fraction of sp³-hybridized carbons (Fsp3) is 0.192. The summed E-state index contributed by atoms with van der Waals surface area (Å²) < 4.78 is 11.0. The van der Waals surface area contributed by atoms with Gasteiger partial charge in [-0.15, -0.1) is 0 Å². The molecule has 0 saturated heterocycles. The van der Waals surface area contributed by atoms with Gasteiger partial charge in [-0.2, -0.15) is 0 Å². The number of benzene rings is 3. The molecule has 0 aliphatic heterocycles. The number of carbonyl (C=O) groups excluding carboxylic acids is 2. The zero-order valence-electron chi connectivity index (χ0n) is 18.4. The number of hydrogen-bond donors (Lipinski definition) is 2. The van der Waals surface area contributed by atoms with Crippen LogP contribution in [0.5, 0.6) is 5.75 Å². The van der Waals surface area contributed by atoms with Gasteiger partial charge in [0.05, 0.1) is 12.2 Å². The van der Waals surface area contributed by atoms with Crippen LogP contribution in [0, 0.1) is 0 Å². The fourth-order valence-electron chi connectivity index (χ4n) is 2.89. The van der Waals surface area contributed by atoms with Crippen LogP contribution >= 0.6 is 12.2 Å². The summed E-state index contributed by atoms with van der Waals surface area (Å²) in [5.74, 6) is -0.124. The third-order valence-electron chi connectivity index (χ3n) is 4.68. The summed E-state index contributed by atoms with van der Waals surface area (Å²) in [5, 5.41) is 5.74. The number of unbranched alkanes of at least 4 members (excludes halogenated alkanes) is 1. The van der Waals surface area contributed by atoms with Crippen LogP contribution in [0.3, 0.4) is 0 Å². The first kappa shape index (κ1) is 23.9. The predicted molar refractivity (Wildman–Crippen MR) is 133 cm³/mol. The summed E-state index contributed by atoms with van der Waals surface area (Å²) in [6.45, 7) is 2.85. The Kier molecular flexibility index (Phi) is 8.97. The van der Waals surface area contributed by atoms with Gasteiger partial charge < -0.3 is 14.8 Å². The molecule has 7 heteroatoms. The van der Waals surface area contributed by atoms with E-state index in [0.29, 0.717) is 35.8 Å². The largest absolute Gasteiger partial charge is 0.489 e. The second-order valence-electron chi connectivity index (χ2n) is 7.28. The van der Waals surface area contributed by atoms with Gasteiger partial charge in [0.1, 0.15) is 12.4 Å². The van der Waals surface area contributed by atoms with E-state index in [4.69, 9.17) is 21.7 Å². The van der Waals surface area contributed by atoms with Gasteiger partial charge in [-0.05, 0) is 66.7 Å². The molecule has 0 spiro atoms. The smallest absolute Gasteiger partial charge is 0.338 e. The van der Waals surface area contributed by atoms with Crippen LogP contribution in [0.4, 0.5) is 5.69 Å². The van der Waals surface area contributed by atoms with Gasteiger partial charge in [-0.1, -0.05) is 49.7 Å². The Morgan fingerprint density at radius 3 is 2.39 bits per heavy atom. The number of rotatable bonds is 9. The highest BCUT2D eigenvalue weighted by atomic mass is 32.1. The second-order valence-corrected chi connectivity index (χ2v) is 7.69. The minimum Gasteiger partial charge on any atom is -0.489 e. The van der Waals surface area contributed by atoms with Gasteiger partial charge in [0.15, 0.2) is 5.11 Å². The lowest BCUT2D eigenvalue weighted by Crippen LogP contribution is -2.34. The van der Waals surface area contributed by atoms with Crippen molar-refractivity contribution in [3.63, 3.8) is 0 Å². The number of ether oxygens (including phenoxy) is 2. The van der Waals surface area contributed by atoms with E-state index in [1.807, 2.05) is 37.3 Å². The van der Waals surface area contributed by atoms with Gasteiger partial charge in [0, 0.05) is 11.3 Å². The highest BCUT2D eigenvalue weighted by Crippen LogP contribution is 2.16. The molecule has 3 rings (SSSR count). The summed E-state index contributed by atoms with van der Waals surface area (Å²) in [5.41, 5.74) is 2.57. The van der Waals surface area contributed by atoms with Crippen LogP contribution in [0.1, 0.15) is 46.0 Å². The molecule has 170 valence electrons. The number of hydrogen-bond acceptors (Lipinski definition) is 5. The first-order chi connectivity index (χ1) is 16.0. The van der Waals surface area contributed by atoms with E-state index in [0.717, 1.165) is 18.4 Å². The SMILES string of the molecule is CCCCOC(=O)c1ccc(NC(=S)NC(=O)c2cccc(OCc3ccccc3)c2)cc1. The van der Waals surface area contributed by atoms with Crippen molar-refractivity contribution in [3.05, 3.63) is 95.6 Å². The van der Waals surface area contributed by atoms with Crippen molar-refractivity contribution in [1.82, 2.24) is 5.32 Å². The van der Waals surface area contributed by atoms with Crippen molar-refractivity contribution in [2.24, 2.45) is 0 Å². The molecule has 0 aliphatic rings. The Labute approximate surface area is 198 Å². The highest BCUT2D eigenvalue weighted by molar-refractivity contribution is 7.80. The Morgan fingerprint density at radius 1 is 0.909 bits per heavy atom. The van der Waals surface area contributed by atoms with Crippen LogP contribution in [-0.4, -0.2) is 23.6 Å². The molecule has 3 aromatic rings. The Balaban J connectivity index is 1.51.